The van der Waals surface area contributed by atoms with Gasteiger partial charge in [0, 0.05) is 40.3 Å². The Bertz CT molecular complexity index is 523. The van der Waals surface area contributed by atoms with Crippen LogP contribution in [0.2, 0.25) is 0 Å². The van der Waals surface area contributed by atoms with E-state index in [-0.39, 0.29) is 5.56 Å². The monoisotopic (exact) mass is 265 g/mol. The van der Waals surface area contributed by atoms with Gasteiger partial charge in [0.1, 0.15) is 11.4 Å². The number of H-pyrrole nitrogens is 1. The fourth-order valence-electron chi connectivity index (χ4n) is 2.64. The summed E-state index contributed by atoms with van der Waals surface area (Å²) in [6.07, 6.45) is 0. The Morgan fingerprint density at radius 3 is 2.47 bits per heavy atom. The minimum absolute atomic E-state index is 0.122. The summed E-state index contributed by atoms with van der Waals surface area (Å²) in [5.74, 6) is 0.842. The number of rotatable bonds is 1. The first kappa shape index (κ1) is 12.3. The van der Waals surface area contributed by atoms with Crippen LogP contribution in [0, 0.1) is 0 Å². The summed E-state index contributed by atoms with van der Waals surface area (Å²) in [4.78, 5) is 18.5. The normalized spacial score (nSPS) is 19.6. The fourth-order valence-corrected chi connectivity index (χ4v) is 2.64. The Morgan fingerprint density at radius 1 is 1.05 bits per heavy atom. The van der Waals surface area contributed by atoms with Crippen molar-refractivity contribution in [3.05, 3.63) is 10.4 Å². The number of aromatic nitrogens is 2. The zero-order valence-corrected chi connectivity index (χ0v) is 11.3. The molecular formula is C12H19N5O2. The van der Waals surface area contributed by atoms with Crippen molar-refractivity contribution >= 4 is 17.2 Å². The molecule has 0 bridgehead atoms. The first-order chi connectivity index (χ1) is 9.18. The molecule has 1 aromatic rings. The van der Waals surface area contributed by atoms with Crippen LogP contribution in [0.5, 0.6) is 0 Å². The minimum Gasteiger partial charge on any atom is -0.378 e. The number of anilines is 3. The second kappa shape index (κ2) is 4.73. The van der Waals surface area contributed by atoms with Crippen molar-refractivity contribution in [2.24, 2.45) is 0 Å². The van der Waals surface area contributed by atoms with Crippen LogP contribution in [0.4, 0.5) is 17.2 Å². The summed E-state index contributed by atoms with van der Waals surface area (Å²) in [7, 11) is 4.01. The highest BCUT2D eigenvalue weighted by Crippen LogP contribution is 2.35. The number of likely N-dealkylation sites (N-methyl/N-ethyl adjacent to an activating group) is 2. The maximum absolute atomic E-state index is 12.2. The molecule has 19 heavy (non-hydrogen) atoms. The van der Waals surface area contributed by atoms with E-state index < -0.39 is 0 Å². The molecule has 0 spiro atoms. The van der Waals surface area contributed by atoms with Crippen molar-refractivity contribution in [2.75, 3.05) is 68.2 Å². The molecule has 104 valence electrons. The number of nitrogens with zero attached hydrogens (tertiary/aromatic N) is 4. The van der Waals surface area contributed by atoms with E-state index in [2.05, 4.69) is 24.9 Å². The van der Waals surface area contributed by atoms with E-state index in [1.54, 1.807) is 0 Å². The predicted octanol–water partition coefficient (Wildman–Crippen LogP) is -0.507. The maximum atomic E-state index is 12.2. The summed E-state index contributed by atoms with van der Waals surface area (Å²) >= 11 is 0. The van der Waals surface area contributed by atoms with Gasteiger partial charge in [0.05, 0.1) is 13.2 Å². The lowest BCUT2D eigenvalue weighted by Gasteiger charge is -2.37. The average Bonchev–Trinajstić information content (AvgIpc) is 2.44. The van der Waals surface area contributed by atoms with Crippen LogP contribution in [0.15, 0.2) is 4.79 Å². The molecule has 3 heterocycles. The van der Waals surface area contributed by atoms with Crippen molar-refractivity contribution in [2.45, 2.75) is 0 Å². The van der Waals surface area contributed by atoms with E-state index in [4.69, 9.17) is 4.74 Å². The topological polar surface area (TPSA) is 64.7 Å². The molecule has 1 saturated heterocycles. The maximum Gasteiger partial charge on any atom is 0.290 e. The lowest BCUT2D eigenvalue weighted by Crippen LogP contribution is -2.44. The molecule has 0 amide bonds. The van der Waals surface area contributed by atoms with Gasteiger partial charge < -0.3 is 19.4 Å². The van der Waals surface area contributed by atoms with Gasteiger partial charge in [-0.25, -0.2) is 5.10 Å². The van der Waals surface area contributed by atoms with Crippen LogP contribution in [0.25, 0.3) is 0 Å². The molecule has 0 saturated carbocycles. The first-order valence-corrected chi connectivity index (χ1v) is 6.56. The molecule has 7 heteroatoms. The van der Waals surface area contributed by atoms with E-state index in [0.29, 0.717) is 13.2 Å². The molecule has 0 atom stereocenters. The second-order valence-electron chi connectivity index (χ2n) is 5.02. The molecule has 0 radical (unpaired) electrons. The van der Waals surface area contributed by atoms with E-state index in [0.717, 1.165) is 43.4 Å². The zero-order chi connectivity index (χ0) is 13.4. The summed E-state index contributed by atoms with van der Waals surface area (Å²) in [5.41, 5.74) is 1.53. The Kier molecular flexibility index (Phi) is 3.06. The van der Waals surface area contributed by atoms with Crippen LogP contribution in [0.1, 0.15) is 0 Å². The third-order valence-corrected chi connectivity index (χ3v) is 3.76. The summed E-state index contributed by atoms with van der Waals surface area (Å²) in [6, 6.07) is 0. The molecule has 2 aliphatic rings. The molecular weight excluding hydrogens is 246 g/mol. The van der Waals surface area contributed by atoms with Crippen LogP contribution >= 0.6 is 0 Å². The van der Waals surface area contributed by atoms with Gasteiger partial charge in [0.25, 0.3) is 5.56 Å². The molecule has 0 aliphatic carbocycles. The summed E-state index contributed by atoms with van der Waals surface area (Å²) in [6.45, 7) is 4.62. The lowest BCUT2D eigenvalue weighted by molar-refractivity contribution is 0.122. The molecule has 1 N–H and O–H groups in total. The number of aromatic amines is 1. The van der Waals surface area contributed by atoms with Gasteiger partial charge in [-0.2, -0.15) is 5.10 Å². The van der Waals surface area contributed by atoms with Gasteiger partial charge in [-0.3, -0.25) is 4.79 Å². The smallest absolute Gasteiger partial charge is 0.290 e. The van der Waals surface area contributed by atoms with Gasteiger partial charge in [-0.15, -0.1) is 0 Å². The summed E-state index contributed by atoms with van der Waals surface area (Å²) in [5, 5.41) is 6.81. The standard InChI is InChI=1S/C12H19N5O2/c1-15-3-4-16(2)11-9(15)10(12(18)14-13-11)17-5-7-19-8-6-17/h3-8H2,1-2H3,(H,14,18). The van der Waals surface area contributed by atoms with Crippen molar-refractivity contribution in [1.29, 1.82) is 0 Å². The Labute approximate surface area is 111 Å². The van der Waals surface area contributed by atoms with Crippen LogP contribution < -0.4 is 20.3 Å². The van der Waals surface area contributed by atoms with Gasteiger partial charge >= 0.3 is 0 Å². The Balaban J connectivity index is 2.12. The van der Waals surface area contributed by atoms with E-state index >= 15 is 0 Å². The summed E-state index contributed by atoms with van der Waals surface area (Å²) < 4.78 is 5.36. The van der Waals surface area contributed by atoms with E-state index in [1.165, 1.54) is 0 Å². The number of ether oxygens (including phenoxy) is 1. The number of morpholine rings is 1. The molecule has 7 nitrogen and oxygen atoms in total. The van der Waals surface area contributed by atoms with Crippen LogP contribution in [0.3, 0.4) is 0 Å². The highest BCUT2D eigenvalue weighted by atomic mass is 16.5. The number of hydrogen-bond acceptors (Lipinski definition) is 6. The molecule has 1 aromatic heterocycles. The van der Waals surface area contributed by atoms with Crippen molar-refractivity contribution in [1.82, 2.24) is 10.2 Å². The van der Waals surface area contributed by atoms with Crippen LogP contribution in [-0.2, 0) is 4.74 Å². The van der Waals surface area contributed by atoms with E-state index in [1.807, 2.05) is 14.1 Å². The number of nitrogens with one attached hydrogen (secondary N) is 1. The molecule has 0 unspecified atom stereocenters. The second-order valence-corrected chi connectivity index (χ2v) is 5.02. The third kappa shape index (κ3) is 2.03. The number of hydrogen-bond donors (Lipinski definition) is 1. The molecule has 0 aromatic carbocycles. The van der Waals surface area contributed by atoms with Crippen LogP contribution in [-0.4, -0.2) is 63.7 Å². The van der Waals surface area contributed by atoms with Gasteiger partial charge in [-0.05, 0) is 0 Å². The number of fused-ring (bicyclic) bond motifs is 1. The largest absolute Gasteiger partial charge is 0.378 e. The molecule has 2 aliphatic heterocycles. The Morgan fingerprint density at radius 2 is 1.74 bits per heavy atom. The lowest BCUT2D eigenvalue weighted by atomic mass is 10.2. The van der Waals surface area contributed by atoms with E-state index in [9.17, 15) is 4.79 Å². The molecule has 3 rings (SSSR count). The highest BCUT2D eigenvalue weighted by molar-refractivity contribution is 5.82. The van der Waals surface area contributed by atoms with Gasteiger partial charge in [-0.1, -0.05) is 0 Å². The predicted molar refractivity (Wildman–Crippen MR) is 74.4 cm³/mol. The molecule has 1 fully saturated rings. The zero-order valence-electron chi connectivity index (χ0n) is 11.3. The third-order valence-electron chi connectivity index (χ3n) is 3.76. The quantitative estimate of drug-likeness (QED) is 0.738. The van der Waals surface area contributed by atoms with Crippen molar-refractivity contribution in [3.8, 4) is 0 Å². The van der Waals surface area contributed by atoms with Crippen molar-refractivity contribution < 1.29 is 4.74 Å². The SMILES string of the molecule is CN1CCN(C)c2c1n[nH]c(=O)c2N1CCOCC1. The minimum atomic E-state index is -0.122. The first-order valence-electron chi connectivity index (χ1n) is 6.56. The average molecular weight is 265 g/mol. The van der Waals surface area contributed by atoms with Gasteiger partial charge in [0.15, 0.2) is 5.82 Å². The van der Waals surface area contributed by atoms with Gasteiger partial charge in [0.2, 0.25) is 0 Å². The highest BCUT2D eigenvalue weighted by Gasteiger charge is 2.28. The Hall–Kier alpha value is -1.76. The fraction of sp³-hybridized carbons (Fsp3) is 0.667. The van der Waals surface area contributed by atoms with Crippen molar-refractivity contribution in [3.63, 3.8) is 0 Å².